The van der Waals surface area contributed by atoms with E-state index >= 15 is 0 Å². The summed E-state index contributed by atoms with van der Waals surface area (Å²) in [4.78, 5) is 25.9. The SMILES string of the molecule is CCOC(=O)NCC1CN(c2ccc(-c3ccc(SC)cc3)c(F)c2)C(=O)O1. The van der Waals surface area contributed by atoms with E-state index in [1.54, 1.807) is 30.8 Å². The molecule has 0 radical (unpaired) electrons. The third-order valence-electron chi connectivity index (χ3n) is 4.29. The predicted octanol–water partition coefficient (Wildman–Crippen LogP) is 4.29. The first-order chi connectivity index (χ1) is 13.5. The molecule has 2 aromatic carbocycles. The van der Waals surface area contributed by atoms with Crippen molar-refractivity contribution < 1.29 is 23.5 Å². The Labute approximate surface area is 167 Å². The molecule has 1 fully saturated rings. The molecule has 8 heteroatoms. The number of anilines is 1. The van der Waals surface area contributed by atoms with E-state index in [2.05, 4.69) is 5.32 Å². The molecule has 1 aliphatic heterocycles. The number of carbonyl (C=O) groups is 2. The number of ether oxygens (including phenoxy) is 2. The molecule has 1 saturated heterocycles. The summed E-state index contributed by atoms with van der Waals surface area (Å²) in [5, 5.41) is 2.53. The number of thioether (sulfide) groups is 1. The summed E-state index contributed by atoms with van der Waals surface area (Å²) < 4.78 is 24.7. The van der Waals surface area contributed by atoms with Crippen LogP contribution in [-0.4, -0.2) is 44.2 Å². The van der Waals surface area contributed by atoms with Crippen molar-refractivity contribution in [3.63, 3.8) is 0 Å². The molecular weight excluding hydrogens is 383 g/mol. The van der Waals surface area contributed by atoms with Gasteiger partial charge in [-0.3, -0.25) is 4.90 Å². The Morgan fingerprint density at radius 2 is 2.07 bits per heavy atom. The van der Waals surface area contributed by atoms with Crippen LogP contribution in [0.2, 0.25) is 0 Å². The molecule has 1 N–H and O–H groups in total. The van der Waals surface area contributed by atoms with Crippen LogP contribution >= 0.6 is 11.8 Å². The third kappa shape index (κ3) is 4.56. The van der Waals surface area contributed by atoms with E-state index in [4.69, 9.17) is 9.47 Å². The summed E-state index contributed by atoms with van der Waals surface area (Å²) in [6.07, 6.45) is 0.306. The molecule has 0 aromatic heterocycles. The van der Waals surface area contributed by atoms with Gasteiger partial charge in [-0.25, -0.2) is 14.0 Å². The van der Waals surface area contributed by atoms with Gasteiger partial charge in [-0.15, -0.1) is 11.8 Å². The number of carbonyl (C=O) groups excluding carboxylic acids is 2. The lowest BCUT2D eigenvalue weighted by Crippen LogP contribution is -2.35. The molecule has 0 saturated carbocycles. The quantitative estimate of drug-likeness (QED) is 0.728. The lowest BCUT2D eigenvalue weighted by Gasteiger charge is -2.14. The van der Waals surface area contributed by atoms with Crippen LogP contribution in [0.5, 0.6) is 0 Å². The van der Waals surface area contributed by atoms with Crippen LogP contribution < -0.4 is 10.2 Å². The number of halogens is 1. The van der Waals surface area contributed by atoms with E-state index in [-0.39, 0.29) is 19.7 Å². The van der Waals surface area contributed by atoms with Crippen LogP contribution in [0.3, 0.4) is 0 Å². The fourth-order valence-electron chi connectivity index (χ4n) is 2.89. The second kappa shape index (κ2) is 8.97. The van der Waals surface area contributed by atoms with Gasteiger partial charge in [0.25, 0.3) is 0 Å². The average Bonchev–Trinajstić information content (AvgIpc) is 3.07. The van der Waals surface area contributed by atoms with Crippen molar-refractivity contribution in [2.24, 2.45) is 0 Å². The minimum absolute atomic E-state index is 0.128. The molecule has 0 bridgehead atoms. The Hall–Kier alpha value is -2.74. The first-order valence-electron chi connectivity index (χ1n) is 8.84. The van der Waals surface area contributed by atoms with Gasteiger partial charge in [0.15, 0.2) is 0 Å². The normalized spacial score (nSPS) is 16.0. The summed E-state index contributed by atoms with van der Waals surface area (Å²) in [5.41, 5.74) is 1.64. The highest BCUT2D eigenvalue weighted by molar-refractivity contribution is 7.98. The number of hydrogen-bond donors (Lipinski definition) is 1. The Morgan fingerprint density at radius 1 is 1.32 bits per heavy atom. The van der Waals surface area contributed by atoms with Gasteiger partial charge < -0.3 is 14.8 Å². The highest BCUT2D eigenvalue weighted by Gasteiger charge is 2.33. The topological polar surface area (TPSA) is 67.9 Å². The van der Waals surface area contributed by atoms with Crippen LogP contribution in [-0.2, 0) is 9.47 Å². The van der Waals surface area contributed by atoms with E-state index in [9.17, 15) is 14.0 Å². The van der Waals surface area contributed by atoms with Crippen LogP contribution in [0.1, 0.15) is 6.92 Å². The van der Waals surface area contributed by atoms with Gasteiger partial charge in [-0.05, 0) is 49.1 Å². The molecule has 28 heavy (non-hydrogen) atoms. The zero-order chi connectivity index (χ0) is 20.1. The van der Waals surface area contributed by atoms with E-state index in [1.807, 2.05) is 30.5 Å². The Morgan fingerprint density at radius 3 is 2.71 bits per heavy atom. The lowest BCUT2D eigenvalue weighted by molar-refractivity contribution is 0.127. The summed E-state index contributed by atoms with van der Waals surface area (Å²) in [6.45, 7) is 2.30. The number of benzene rings is 2. The molecule has 2 aromatic rings. The number of rotatable bonds is 6. The minimum atomic E-state index is -0.577. The third-order valence-corrected chi connectivity index (χ3v) is 5.03. The van der Waals surface area contributed by atoms with Crippen LogP contribution in [0.15, 0.2) is 47.4 Å². The van der Waals surface area contributed by atoms with Crippen molar-refractivity contribution in [2.45, 2.75) is 17.9 Å². The van der Waals surface area contributed by atoms with Gasteiger partial charge in [-0.2, -0.15) is 0 Å². The second-order valence-electron chi connectivity index (χ2n) is 6.11. The van der Waals surface area contributed by atoms with Gasteiger partial charge in [-0.1, -0.05) is 12.1 Å². The van der Waals surface area contributed by atoms with Crippen LogP contribution in [0.25, 0.3) is 11.1 Å². The van der Waals surface area contributed by atoms with Crippen molar-refractivity contribution in [2.75, 3.05) is 30.9 Å². The van der Waals surface area contributed by atoms with Crippen LogP contribution in [0.4, 0.5) is 19.7 Å². The summed E-state index contributed by atoms with van der Waals surface area (Å²) >= 11 is 1.62. The number of cyclic esters (lactones) is 1. The zero-order valence-corrected chi connectivity index (χ0v) is 16.4. The van der Waals surface area contributed by atoms with Crippen molar-refractivity contribution in [3.8, 4) is 11.1 Å². The van der Waals surface area contributed by atoms with Gasteiger partial charge in [0.05, 0.1) is 25.4 Å². The van der Waals surface area contributed by atoms with Gasteiger partial charge in [0, 0.05) is 10.5 Å². The molecule has 1 unspecified atom stereocenters. The second-order valence-corrected chi connectivity index (χ2v) is 6.99. The molecule has 0 spiro atoms. The van der Waals surface area contributed by atoms with Crippen LogP contribution in [0, 0.1) is 5.82 Å². The Kier molecular flexibility index (Phi) is 6.41. The molecule has 0 aliphatic carbocycles. The van der Waals surface area contributed by atoms with E-state index in [0.717, 1.165) is 10.5 Å². The number of amides is 2. The van der Waals surface area contributed by atoms with E-state index < -0.39 is 24.1 Å². The van der Waals surface area contributed by atoms with Crippen molar-refractivity contribution in [1.82, 2.24) is 5.32 Å². The average molecular weight is 404 g/mol. The Balaban J connectivity index is 1.69. The molecule has 6 nitrogen and oxygen atoms in total. The maximum absolute atomic E-state index is 14.7. The molecule has 148 valence electrons. The fourth-order valence-corrected chi connectivity index (χ4v) is 3.30. The number of hydrogen-bond acceptors (Lipinski definition) is 5. The predicted molar refractivity (Wildman–Crippen MR) is 106 cm³/mol. The smallest absolute Gasteiger partial charge is 0.414 e. The monoisotopic (exact) mass is 404 g/mol. The molecule has 2 amide bonds. The van der Waals surface area contributed by atoms with Gasteiger partial charge in [0.2, 0.25) is 0 Å². The standard InChI is InChI=1S/C20H21FN2O4S/c1-3-26-19(24)22-11-15-12-23(20(25)27-15)14-6-9-17(18(21)10-14)13-4-7-16(28-2)8-5-13/h4-10,15H,3,11-12H2,1-2H3,(H,22,24). The summed E-state index contributed by atoms with van der Waals surface area (Å²) in [7, 11) is 0. The molecule has 1 aliphatic rings. The van der Waals surface area contributed by atoms with E-state index in [1.165, 1.54) is 11.0 Å². The maximum Gasteiger partial charge on any atom is 0.414 e. The highest BCUT2D eigenvalue weighted by atomic mass is 32.2. The Bertz CT molecular complexity index is 860. The largest absolute Gasteiger partial charge is 0.450 e. The van der Waals surface area contributed by atoms with E-state index in [0.29, 0.717) is 11.3 Å². The van der Waals surface area contributed by atoms with Crippen molar-refractivity contribution in [1.29, 1.82) is 0 Å². The minimum Gasteiger partial charge on any atom is -0.450 e. The van der Waals surface area contributed by atoms with Gasteiger partial charge >= 0.3 is 12.2 Å². The zero-order valence-electron chi connectivity index (χ0n) is 15.6. The molecule has 1 heterocycles. The summed E-state index contributed by atoms with van der Waals surface area (Å²) in [5.74, 6) is -0.421. The molecule has 1 atom stereocenters. The highest BCUT2D eigenvalue weighted by Crippen LogP contribution is 2.30. The van der Waals surface area contributed by atoms with Gasteiger partial charge in [0.1, 0.15) is 11.9 Å². The first kappa shape index (κ1) is 20.0. The molecular formula is C20H21FN2O4S. The first-order valence-corrected chi connectivity index (χ1v) is 10.1. The molecule has 3 rings (SSSR count). The maximum atomic E-state index is 14.7. The number of nitrogens with zero attached hydrogens (tertiary/aromatic N) is 1. The van der Waals surface area contributed by atoms with Crippen molar-refractivity contribution in [3.05, 3.63) is 48.3 Å². The fraction of sp³-hybridized carbons (Fsp3) is 0.300. The number of alkyl carbamates (subject to hydrolysis) is 1. The number of nitrogens with one attached hydrogen (secondary N) is 1. The summed E-state index contributed by atoms with van der Waals surface area (Å²) in [6, 6.07) is 12.3. The lowest BCUT2D eigenvalue weighted by atomic mass is 10.0. The van der Waals surface area contributed by atoms with Crippen molar-refractivity contribution >= 4 is 29.6 Å².